The van der Waals surface area contributed by atoms with Gasteiger partial charge in [-0.1, -0.05) is 25.8 Å². The van der Waals surface area contributed by atoms with Crippen molar-refractivity contribution in [2.75, 3.05) is 61.2 Å². The van der Waals surface area contributed by atoms with Crippen molar-refractivity contribution < 1.29 is 38.1 Å². The quantitative estimate of drug-likeness (QED) is 0.163. The number of pyridine rings is 1. The van der Waals surface area contributed by atoms with Gasteiger partial charge in [0, 0.05) is 85.8 Å². The zero-order valence-electron chi connectivity index (χ0n) is 39.0. The van der Waals surface area contributed by atoms with Gasteiger partial charge in [-0.05, 0) is 89.9 Å². The molecule has 3 atom stereocenters. The molecular formula is C48H62N8O8S. The van der Waals surface area contributed by atoms with Gasteiger partial charge in [0.05, 0.1) is 53.6 Å². The number of thiazole rings is 1. The minimum Gasteiger partial charge on any atom is -0.464 e. The number of ether oxygens (including phenoxy) is 4. The molecule has 0 unspecified atom stereocenters. The third kappa shape index (κ3) is 10.7. The topological polar surface area (TPSA) is 170 Å². The van der Waals surface area contributed by atoms with Gasteiger partial charge >= 0.3 is 5.97 Å². The molecule has 2 saturated heterocycles. The number of likely N-dealkylation sites (tertiary alicyclic amines) is 1. The maximum atomic E-state index is 14.4. The van der Waals surface area contributed by atoms with E-state index < -0.39 is 46.9 Å². The molecule has 0 spiro atoms. The maximum Gasteiger partial charge on any atom is 0.324 e. The normalized spacial score (nSPS) is 19.8. The molecule has 17 heteroatoms. The molecule has 0 radical (unpaired) electrons. The van der Waals surface area contributed by atoms with Gasteiger partial charge in [0.2, 0.25) is 0 Å². The predicted molar refractivity (Wildman–Crippen MR) is 247 cm³/mol. The number of carbonyl (C=O) groups is 4. The number of amides is 3. The van der Waals surface area contributed by atoms with Crippen molar-refractivity contribution in [2.24, 2.45) is 5.41 Å². The smallest absolute Gasteiger partial charge is 0.324 e. The summed E-state index contributed by atoms with van der Waals surface area (Å²) in [7, 11) is 6.89. The first-order valence-electron chi connectivity index (χ1n) is 22.2. The van der Waals surface area contributed by atoms with Gasteiger partial charge in [0.25, 0.3) is 17.7 Å². The molecule has 7 rings (SSSR count). The summed E-state index contributed by atoms with van der Waals surface area (Å²) in [5.41, 5.74) is 8.84. The lowest BCUT2D eigenvalue weighted by molar-refractivity contribution is -0.156. The number of hydrogen-bond donors (Lipinski definition) is 2. The molecule has 2 fully saturated rings. The zero-order valence-corrected chi connectivity index (χ0v) is 39.8. The fraction of sp³-hybridized carbons (Fsp3) is 0.542. The number of aromatic nitrogens is 3. The van der Waals surface area contributed by atoms with Gasteiger partial charge in [-0.25, -0.2) is 10.4 Å². The van der Waals surface area contributed by atoms with E-state index in [1.54, 1.807) is 18.2 Å². The van der Waals surface area contributed by atoms with Crippen LogP contribution < -0.4 is 10.7 Å². The van der Waals surface area contributed by atoms with E-state index in [-0.39, 0.29) is 31.6 Å². The minimum absolute atomic E-state index is 0.0898. The summed E-state index contributed by atoms with van der Waals surface area (Å²) in [6.07, 6.45) is 2.14. The first-order chi connectivity index (χ1) is 31.0. The fourth-order valence-electron chi connectivity index (χ4n) is 8.26. The molecule has 6 bridgehead atoms. The summed E-state index contributed by atoms with van der Waals surface area (Å²) in [5, 5.41) is 8.01. The van der Waals surface area contributed by atoms with E-state index in [0.29, 0.717) is 57.1 Å². The number of hydrogen-bond acceptors (Lipinski definition) is 13. The third-order valence-electron chi connectivity index (χ3n) is 12.5. The number of cyclic esters (lactones) is 1. The van der Waals surface area contributed by atoms with Crippen LogP contribution in [0.25, 0.3) is 33.4 Å². The van der Waals surface area contributed by atoms with Gasteiger partial charge in [0.15, 0.2) is 6.10 Å². The maximum absolute atomic E-state index is 14.4. The highest BCUT2D eigenvalue weighted by Crippen LogP contribution is 2.41. The zero-order chi connectivity index (χ0) is 46.6. The van der Waals surface area contributed by atoms with Crippen molar-refractivity contribution in [3.63, 3.8) is 0 Å². The Morgan fingerprint density at radius 1 is 1.17 bits per heavy atom. The number of aryl methyl sites for hydroxylation is 1. The van der Waals surface area contributed by atoms with Gasteiger partial charge in [-0.15, -0.1) is 11.3 Å². The molecule has 4 aromatic rings. The van der Waals surface area contributed by atoms with Gasteiger partial charge in [-0.3, -0.25) is 34.1 Å². The molecule has 0 aliphatic carbocycles. The number of nitrogens with zero attached hydrogens (tertiary/aromatic N) is 6. The first kappa shape index (κ1) is 47.7. The van der Waals surface area contributed by atoms with E-state index in [4.69, 9.17) is 28.9 Å². The minimum atomic E-state index is -1.06. The summed E-state index contributed by atoms with van der Waals surface area (Å²) in [5.74, 6) is 4.06. The van der Waals surface area contributed by atoms with E-state index in [1.165, 1.54) is 23.5 Å². The van der Waals surface area contributed by atoms with Crippen LogP contribution in [-0.4, -0.2) is 144 Å². The number of fused-ring (bicyclic) bond motifs is 6. The second-order valence-corrected chi connectivity index (χ2v) is 19.4. The van der Waals surface area contributed by atoms with E-state index in [9.17, 15) is 19.2 Å². The summed E-state index contributed by atoms with van der Waals surface area (Å²) in [4.78, 5) is 68.1. The third-order valence-corrected chi connectivity index (χ3v) is 13.4. The molecule has 348 valence electrons. The Balaban J connectivity index is 1.16. The number of benzene rings is 1. The number of carbonyl (C=O) groups excluding carboxylic acids is 4. The van der Waals surface area contributed by atoms with Crippen molar-refractivity contribution in [1.29, 1.82) is 0 Å². The van der Waals surface area contributed by atoms with Crippen LogP contribution in [0.3, 0.4) is 0 Å². The van der Waals surface area contributed by atoms with E-state index in [1.807, 2.05) is 44.3 Å². The van der Waals surface area contributed by atoms with Crippen molar-refractivity contribution >= 4 is 45.9 Å². The Morgan fingerprint density at radius 2 is 1.95 bits per heavy atom. The SMILES string of the molecule is CCn1c(-c2cccnc2COC)c2c3cc(ccc31)-c1csc(n1)C[C@H](NC(=O)[C@@H](COC1CN(C(=O)C#CC(C)(C)N(C)C)C1)OC)C(=O)N1CCC[C@H](N1)C(=O)OCC(C)(C)C2. The van der Waals surface area contributed by atoms with Crippen LogP contribution in [0.2, 0.25) is 0 Å². The summed E-state index contributed by atoms with van der Waals surface area (Å²) < 4.78 is 25.6. The molecule has 2 N–H and O–H groups in total. The predicted octanol–water partition coefficient (Wildman–Crippen LogP) is 4.23. The lowest BCUT2D eigenvalue weighted by atomic mass is 9.84. The lowest BCUT2D eigenvalue weighted by Crippen LogP contribution is -2.61. The molecule has 3 amide bonds. The van der Waals surface area contributed by atoms with Gasteiger partial charge in [0.1, 0.15) is 12.1 Å². The van der Waals surface area contributed by atoms with Crippen molar-refractivity contribution in [3.05, 3.63) is 58.2 Å². The molecule has 0 saturated carbocycles. The van der Waals surface area contributed by atoms with Crippen molar-refractivity contribution in [1.82, 2.24) is 40.1 Å². The molecule has 6 heterocycles. The summed E-state index contributed by atoms with van der Waals surface area (Å²) in [6.45, 7) is 12.3. The molecule has 3 aliphatic rings. The average Bonchev–Trinajstić information content (AvgIpc) is 3.86. The van der Waals surface area contributed by atoms with Gasteiger partial charge in [-0.2, -0.15) is 0 Å². The molecule has 3 aromatic heterocycles. The Hall–Kier alpha value is -5.22. The number of methoxy groups -OCH3 is 2. The summed E-state index contributed by atoms with van der Waals surface area (Å²) >= 11 is 1.41. The Morgan fingerprint density at radius 3 is 2.68 bits per heavy atom. The van der Waals surface area contributed by atoms with Crippen LogP contribution in [-0.2, 0) is 64.1 Å². The summed E-state index contributed by atoms with van der Waals surface area (Å²) in [6, 6.07) is 8.55. The monoisotopic (exact) mass is 910 g/mol. The highest BCUT2D eigenvalue weighted by molar-refractivity contribution is 7.10. The van der Waals surface area contributed by atoms with Crippen molar-refractivity contribution in [3.8, 4) is 34.4 Å². The van der Waals surface area contributed by atoms with Crippen LogP contribution in [0, 0.1) is 17.3 Å². The number of nitrogens with one attached hydrogen (secondary N) is 2. The number of hydrazine groups is 1. The standard InChI is InChI=1S/C48H62N8O8S/c1-10-55-39-16-15-30-21-33(39)34(43(55)32-13-11-19-49-37(32)26-61-8)23-47(2,3)29-64-46(60)35-14-12-20-56(52-35)45(59)36(22-41-50-38(30)28-65-41)51-44(58)40(62-9)27-63-31-24-54(25-31)42(57)17-18-48(4,5)53(6)7/h11,13,15-16,19,21,28,31,35-36,40,52H,10,12,14,20,22-27,29H2,1-9H3,(H,51,58)/t35-,36-,40+/m0/s1. The van der Waals surface area contributed by atoms with Crippen LogP contribution in [0.5, 0.6) is 0 Å². The van der Waals surface area contributed by atoms with Crippen LogP contribution in [0.1, 0.15) is 63.7 Å². The Labute approximate surface area is 385 Å². The molecule has 65 heavy (non-hydrogen) atoms. The molecule has 1 aromatic carbocycles. The highest BCUT2D eigenvalue weighted by Gasteiger charge is 2.37. The molecule has 3 aliphatic heterocycles. The highest BCUT2D eigenvalue weighted by atomic mass is 32.1. The molecular weight excluding hydrogens is 849 g/mol. The van der Waals surface area contributed by atoms with Crippen LogP contribution in [0.15, 0.2) is 41.9 Å². The first-order valence-corrected chi connectivity index (χ1v) is 23.1. The van der Waals surface area contributed by atoms with Gasteiger partial charge < -0.3 is 33.7 Å². The fourth-order valence-corrected chi connectivity index (χ4v) is 9.11. The average molecular weight is 911 g/mol. The number of esters is 1. The molecule has 16 nitrogen and oxygen atoms in total. The Kier molecular flexibility index (Phi) is 14.8. The van der Waals surface area contributed by atoms with E-state index in [0.717, 1.165) is 44.7 Å². The van der Waals surface area contributed by atoms with Crippen molar-refractivity contribution in [2.45, 2.75) is 103 Å². The van der Waals surface area contributed by atoms with E-state index in [2.05, 4.69) is 72.2 Å². The van der Waals surface area contributed by atoms with Crippen LogP contribution in [0.4, 0.5) is 0 Å². The second kappa shape index (κ2) is 20.1. The number of rotatable bonds is 11. The Bertz CT molecular complexity index is 2460. The largest absolute Gasteiger partial charge is 0.464 e. The van der Waals surface area contributed by atoms with E-state index >= 15 is 0 Å². The second-order valence-electron chi connectivity index (χ2n) is 18.5. The lowest BCUT2D eigenvalue weighted by Gasteiger charge is -2.38. The van der Waals surface area contributed by atoms with Crippen LogP contribution >= 0.6 is 11.3 Å².